The van der Waals surface area contributed by atoms with E-state index in [-0.39, 0.29) is 5.82 Å². The summed E-state index contributed by atoms with van der Waals surface area (Å²) in [6.45, 7) is 0. The molecule has 2 aromatic rings. The van der Waals surface area contributed by atoms with Crippen molar-refractivity contribution in [2.75, 3.05) is 12.0 Å². The SMILES string of the molecule is CSc1nc(N)c(C#N)c(Cc2ccccc2)n1. The summed E-state index contributed by atoms with van der Waals surface area (Å²) in [7, 11) is 0. The predicted molar refractivity (Wildman–Crippen MR) is 72.2 cm³/mol. The molecule has 0 aliphatic heterocycles. The van der Waals surface area contributed by atoms with Gasteiger partial charge in [-0.2, -0.15) is 5.26 Å². The number of anilines is 1. The first-order chi connectivity index (χ1) is 8.74. The number of rotatable bonds is 3. The first-order valence-electron chi connectivity index (χ1n) is 5.39. The molecule has 0 amide bonds. The maximum Gasteiger partial charge on any atom is 0.189 e. The fraction of sp³-hybridized carbons (Fsp3) is 0.154. The topological polar surface area (TPSA) is 75.6 Å². The molecular formula is C13H12N4S. The zero-order chi connectivity index (χ0) is 13.0. The highest BCUT2D eigenvalue weighted by Gasteiger charge is 2.12. The molecule has 2 rings (SSSR count). The van der Waals surface area contributed by atoms with Crippen LogP contribution in [0.2, 0.25) is 0 Å². The van der Waals surface area contributed by atoms with Crippen LogP contribution < -0.4 is 5.73 Å². The van der Waals surface area contributed by atoms with E-state index in [4.69, 9.17) is 11.0 Å². The number of nitrogens with two attached hydrogens (primary N) is 1. The molecule has 0 fully saturated rings. The van der Waals surface area contributed by atoms with E-state index in [1.54, 1.807) is 0 Å². The van der Waals surface area contributed by atoms with Crippen molar-refractivity contribution in [3.63, 3.8) is 0 Å². The summed E-state index contributed by atoms with van der Waals surface area (Å²) in [6.07, 6.45) is 2.47. The van der Waals surface area contributed by atoms with E-state index < -0.39 is 0 Å². The smallest absolute Gasteiger partial charge is 0.189 e. The fourth-order valence-corrected chi connectivity index (χ4v) is 2.02. The van der Waals surface area contributed by atoms with Crippen molar-refractivity contribution in [3.8, 4) is 6.07 Å². The van der Waals surface area contributed by atoms with Crippen molar-refractivity contribution in [2.24, 2.45) is 0 Å². The summed E-state index contributed by atoms with van der Waals surface area (Å²) in [5.74, 6) is 0.253. The molecule has 0 saturated heterocycles. The molecule has 1 aromatic carbocycles. The lowest BCUT2D eigenvalue weighted by Gasteiger charge is -2.07. The van der Waals surface area contributed by atoms with E-state index in [0.29, 0.717) is 22.8 Å². The molecule has 4 nitrogen and oxygen atoms in total. The molecular weight excluding hydrogens is 244 g/mol. The summed E-state index contributed by atoms with van der Waals surface area (Å²) in [5.41, 5.74) is 7.92. The van der Waals surface area contributed by atoms with Gasteiger partial charge in [0.05, 0.1) is 5.69 Å². The Balaban J connectivity index is 2.43. The second-order valence-electron chi connectivity index (χ2n) is 3.69. The van der Waals surface area contributed by atoms with Crippen molar-refractivity contribution in [3.05, 3.63) is 47.2 Å². The molecule has 18 heavy (non-hydrogen) atoms. The Morgan fingerprint density at radius 2 is 2.00 bits per heavy atom. The standard InChI is InChI=1S/C13H12N4S/c1-18-13-16-11(10(8-14)12(15)17-13)7-9-5-3-2-4-6-9/h2-6H,7H2,1H3,(H2,15,16,17). The van der Waals surface area contributed by atoms with Crippen LogP contribution in [0.15, 0.2) is 35.5 Å². The number of aromatic nitrogens is 2. The molecule has 0 spiro atoms. The first-order valence-corrected chi connectivity index (χ1v) is 6.61. The van der Waals surface area contributed by atoms with Gasteiger partial charge in [-0.25, -0.2) is 9.97 Å². The van der Waals surface area contributed by atoms with Gasteiger partial charge in [0.25, 0.3) is 0 Å². The number of thioether (sulfide) groups is 1. The molecule has 0 aliphatic rings. The zero-order valence-electron chi connectivity index (χ0n) is 9.92. The van der Waals surface area contributed by atoms with Crippen LogP contribution in [0, 0.1) is 11.3 Å². The Morgan fingerprint density at radius 1 is 1.28 bits per heavy atom. The molecule has 5 heteroatoms. The first kappa shape index (κ1) is 12.4. The molecule has 2 N–H and O–H groups in total. The molecule has 0 atom stereocenters. The number of nitriles is 1. The lowest BCUT2D eigenvalue weighted by Crippen LogP contribution is -2.05. The average Bonchev–Trinajstić information content (AvgIpc) is 2.39. The molecule has 1 aromatic heterocycles. The molecule has 0 bridgehead atoms. The zero-order valence-corrected chi connectivity index (χ0v) is 10.7. The van der Waals surface area contributed by atoms with Crippen molar-refractivity contribution in [1.82, 2.24) is 9.97 Å². The molecule has 0 radical (unpaired) electrons. The van der Waals surface area contributed by atoms with Crippen LogP contribution in [0.5, 0.6) is 0 Å². The minimum absolute atomic E-state index is 0.253. The Morgan fingerprint density at radius 3 is 2.61 bits per heavy atom. The van der Waals surface area contributed by atoms with Crippen molar-refractivity contribution < 1.29 is 0 Å². The number of hydrogen-bond acceptors (Lipinski definition) is 5. The summed E-state index contributed by atoms with van der Waals surface area (Å²) >= 11 is 1.42. The van der Waals surface area contributed by atoms with Gasteiger partial charge in [0.2, 0.25) is 0 Å². The predicted octanol–water partition coefficient (Wildman–Crippen LogP) is 2.24. The highest BCUT2D eigenvalue weighted by molar-refractivity contribution is 7.98. The quantitative estimate of drug-likeness (QED) is 0.673. The lowest BCUT2D eigenvalue weighted by atomic mass is 10.1. The summed E-state index contributed by atoms with van der Waals surface area (Å²) in [6, 6.07) is 11.9. The van der Waals surface area contributed by atoms with Crippen LogP contribution in [-0.2, 0) is 6.42 Å². The Kier molecular flexibility index (Phi) is 3.80. The van der Waals surface area contributed by atoms with Crippen molar-refractivity contribution in [2.45, 2.75) is 11.6 Å². The summed E-state index contributed by atoms with van der Waals surface area (Å²) < 4.78 is 0. The lowest BCUT2D eigenvalue weighted by molar-refractivity contribution is 0.904. The number of nitrogens with zero attached hydrogens (tertiary/aromatic N) is 3. The van der Waals surface area contributed by atoms with E-state index >= 15 is 0 Å². The van der Waals surface area contributed by atoms with Gasteiger partial charge in [0, 0.05) is 6.42 Å². The van der Waals surface area contributed by atoms with Crippen LogP contribution in [-0.4, -0.2) is 16.2 Å². The third-order valence-corrected chi connectivity index (χ3v) is 3.05. The molecule has 1 heterocycles. The number of hydrogen-bond donors (Lipinski definition) is 1. The van der Waals surface area contributed by atoms with E-state index in [1.807, 2.05) is 36.6 Å². The van der Waals surface area contributed by atoms with Gasteiger partial charge in [0.1, 0.15) is 17.5 Å². The third kappa shape index (κ3) is 2.60. The minimum atomic E-state index is 0.253. The highest BCUT2D eigenvalue weighted by atomic mass is 32.2. The molecule has 0 unspecified atom stereocenters. The Bertz CT molecular complexity index is 590. The third-order valence-electron chi connectivity index (χ3n) is 2.50. The second kappa shape index (κ2) is 5.52. The molecule has 90 valence electrons. The average molecular weight is 256 g/mol. The van der Waals surface area contributed by atoms with Gasteiger partial charge in [-0.05, 0) is 11.8 Å². The molecule has 0 aliphatic carbocycles. The summed E-state index contributed by atoms with van der Waals surface area (Å²) in [5, 5.41) is 9.72. The van der Waals surface area contributed by atoms with E-state index in [9.17, 15) is 0 Å². The van der Waals surface area contributed by atoms with Gasteiger partial charge in [0.15, 0.2) is 5.16 Å². The van der Waals surface area contributed by atoms with Crippen LogP contribution in [0.4, 0.5) is 5.82 Å². The monoisotopic (exact) mass is 256 g/mol. The Labute approximate surface area is 110 Å². The molecule has 0 saturated carbocycles. The van der Waals surface area contributed by atoms with Gasteiger partial charge in [-0.1, -0.05) is 42.1 Å². The van der Waals surface area contributed by atoms with Crippen LogP contribution in [0.3, 0.4) is 0 Å². The van der Waals surface area contributed by atoms with Crippen molar-refractivity contribution in [1.29, 1.82) is 5.26 Å². The normalized spacial score (nSPS) is 10.0. The number of nitrogen functional groups attached to an aromatic ring is 1. The van der Waals surface area contributed by atoms with Crippen LogP contribution in [0.1, 0.15) is 16.8 Å². The van der Waals surface area contributed by atoms with E-state index in [2.05, 4.69) is 16.0 Å². The Hall–Kier alpha value is -2.06. The van der Waals surface area contributed by atoms with E-state index in [1.165, 1.54) is 11.8 Å². The number of benzene rings is 1. The van der Waals surface area contributed by atoms with Gasteiger partial charge < -0.3 is 5.73 Å². The maximum absolute atomic E-state index is 9.12. The second-order valence-corrected chi connectivity index (χ2v) is 4.46. The fourth-order valence-electron chi connectivity index (χ4n) is 1.63. The largest absolute Gasteiger partial charge is 0.382 e. The maximum atomic E-state index is 9.12. The van der Waals surface area contributed by atoms with Crippen molar-refractivity contribution >= 4 is 17.6 Å². The van der Waals surface area contributed by atoms with E-state index in [0.717, 1.165) is 5.56 Å². The van der Waals surface area contributed by atoms with Gasteiger partial charge in [-0.15, -0.1) is 0 Å². The highest BCUT2D eigenvalue weighted by Crippen LogP contribution is 2.20. The van der Waals surface area contributed by atoms with Crippen LogP contribution in [0.25, 0.3) is 0 Å². The minimum Gasteiger partial charge on any atom is -0.382 e. The van der Waals surface area contributed by atoms with Crippen LogP contribution >= 0.6 is 11.8 Å². The summed E-state index contributed by atoms with van der Waals surface area (Å²) in [4.78, 5) is 8.44. The van der Waals surface area contributed by atoms with Gasteiger partial charge >= 0.3 is 0 Å². The van der Waals surface area contributed by atoms with Gasteiger partial charge in [-0.3, -0.25) is 0 Å².